The second-order valence-corrected chi connectivity index (χ2v) is 8.72. The lowest BCUT2D eigenvalue weighted by Gasteiger charge is -2.09. The average Bonchev–Trinajstić information content (AvgIpc) is 2.78. The Hall–Kier alpha value is -3.50. The summed E-state index contributed by atoms with van der Waals surface area (Å²) in [5.74, 6) is -0.286. The molecule has 0 aliphatic carbocycles. The lowest BCUT2D eigenvalue weighted by atomic mass is 10.2. The quantitative estimate of drug-likeness (QED) is 0.467. The van der Waals surface area contributed by atoms with Crippen molar-refractivity contribution in [2.24, 2.45) is 0 Å². The monoisotopic (exact) mass is 457 g/mol. The van der Waals surface area contributed by atoms with Gasteiger partial charge in [0.15, 0.2) is 0 Å². The van der Waals surface area contributed by atoms with Crippen molar-refractivity contribution < 1.29 is 22.7 Å². The summed E-state index contributed by atoms with van der Waals surface area (Å²) in [5.41, 5.74) is 0.572. The van der Waals surface area contributed by atoms with Crippen LogP contribution in [0, 0.1) is 0 Å². The number of amides is 3. The Morgan fingerprint density at radius 2 is 1.52 bits per heavy atom. The SMILES string of the molecule is COc1ccc(S(=O)(=O)NC(=O)c2ccc(NC(=O)NSc3ccccc3)cc2)cc1. The molecule has 3 aromatic rings. The molecule has 3 aromatic carbocycles. The van der Waals surface area contributed by atoms with Crippen LogP contribution in [-0.2, 0) is 10.0 Å². The molecule has 0 fully saturated rings. The van der Waals surface area contributed by atoms with E-state index in [1.165, 1.54) is 55.6 Å². The summed E-state index contributed by atoms with van der Waals surface area (Å²) in [5, 5.41) is 2.63. The molecule has 0 bridgehead atoms. The zero-order valence-corrected chi connectivity index (χ0v) is 18.0. The molecular weight excluding hydrogens is 438 g/mol. The minimum absolute atomic E-state index is 0.0625. The Bertz CT molecular complexity index is 1150. The van der Waals surface area contributed by atoms with Gasteiger partial charge in [-0.3, -0.25) is 9.52 Å². The molecule has 0 atom stereocenters. The van der Waals surface area contributed by atoms with Gasteiger partial charge in [-0.05, 0) is 72.6 Å². The molecule has 0 heterocycles. The van der Waals surface area contributed by atoms with Crippen LogP contribution in [0.25, 0.3) is 0 Å². The van der Waals surface area contributed by atoms with E-state index in [9.17, 15) is 18.0 Å². The predicted octanol–water partition coefficient (Wildman–Crippen LogP) is 3.64. The van der Waals surface area contributed by atoms with Gasteiger partial charge >= 0.3 is 6.03 Å². The molecule has 31 heavy (non-hydrogen) atoms. The van der Waals surface area contributed by atoms with Crippen LogP contribution in [0.15, 0.2) is 88.7 Å². The number of urea groups is 1. The summed E-state index contributed by atoms with van der Waals surface area (Å²) in [7, 11) is -2.57. The maximum atomic E-state index is 12.4. The molecule has 160 valence electrons. The number of carbonyl (C=O) groups is 2. The van der Waals surface area contributed by atoms with Crippen LogP contribution in [-0.4, -0.2) is 27.5 Å². The number of hydrogen-bond donors (Lipinski definition) is 3. The Balaban J connectivity index is 1.57. The minimum Gasteiger partial charge on any atom is -0.497 e. The highest BCUT2D eigenvalue weighted by atomic mass is 32.2. The minimum atomic E-state index is -4.03. The highest BCUT2D eigenvalue weighted by Gasteiger charge is 2.19. The molecule has 0 saturated carbocycles. The van der Waals surface area contributed by atoms with Gasteiger partial charge in [0.1, 0.15) is 5.75 Å². The fraction of sp³-hybridized carbons (Fsp3) is 0.0476. The summed E-state index contributed by atoms with van der Waals surface area (Å²) < 4.78 is 34.4. The Kier molecular flexibility index (Phi) is 7.16. The van der Waals surface area contributed by atoms with E-state index in [1.807, 2.05) is 35.1 Å². The summed E-state index contributed by atoms with van der Waals surface area (Å²) in [6.07, 6.45) is 0. The normalized spacial score (nSPS) is 10.7. The van der Waals surface area contributed by atoms with Gasteiger partial charge in [-0.2, -0.15) is 0 Å². The van der Waals surface area contributed by atoms with Crippen molar-refractivity contribution in [1.29, 1.82) is 0 Å². The van der Waals surface area contributed by atoms with E-state index in [0.717, 1.165) is 16.8 Å². The van der Waals surface area contributed by atoms with E-state index in [2.05, 4.69) is 10.0 Å². The molecule has 0 radical (unpaired) electrons. The summed E-state index contributed by atoms with van der Waals surface area (Å²) >= 11 is 1.16. The predicted molar refractivity (Wildman–Crippen MR) is 119 cm³/mol. The molecule has 10 heteroatoms. The Morgan fingerprint density at radius 3 is 2.13 bits per heavy atom. The van der Waals surface area contributed by atoms with Gasteiger partial charge in [0.05, 0.1) is 12.0 Å². The number of benzene rings is 3. The summed E-state index contributed by atoms with van der Waals surface area (Å²) in [6, 6.07) is 20.4. The molecule has 8 nitrogen and oxygen atoms in total. The van der Waals surface area contributed by atoms with Crippen LogP contribution >= 0.6 is 11.9 Å². The molecule has 0 aliphatic rings. The highest BCUT2D eigenvalue weighted by molar-refractivity contribution is 7.98. The topological polar surface area (TPSA) is 114 Å². The smallest absolute Gasteiger partial charge is 0.329 e. The van der Waals surface area contributed by atoms with Crippen LogP contribution in [0.1, 0.15) is 10.4 Å². The number of nitrogens with one attached hydrogen (secondary N) is 3. The molecule has 3 N–H and O–H groups in total. The number of carbonyl (C=O) groups excluding carboxylic acids is 2. The number of anilines is 1. The largest absolute Gasteiger partial charge is 0.497 e. The molecule has 0 aromatic heterocycles. The lowest BCUT2D eigenvalue weighted by molar-refractivity contribution is 0.0981. The van der Waals surface area contributed by atoms with Crippen molar-refractivity contribution in [2.45, 2.75) is 9.79 Å². The molecule has 0 saturated heterocycles. The van der Waals surface area contributed by atoms with Gasteiger partial charge in [-0.25, -0.2) is 17.9 Å². The first-order valence-electron chi connectivity index (χ1n) is 8.97. The molecule has 3 rings (SSSR count). The van der Waals surface area contributed by atoms with E-state index >= 15 is 0 Å². The Morgan fingerprint density at radius 1 is 0.871 bits per heavy atom. The van der Waals surface area contributed by atoms with E-state index in [1.54, 1.807) is 0 Å². The van der Waals surface area contributed by atoms with Crippen LogP contribution in [0.5, 0.6) is 5.75 Å². The van der Waals surface area contributed by atoms with Gasteiger partial charge in [0.25, 0.3) is 15.9 Å². The summed E-state index contributed by atoms with van der Waals surface area (Å²) in [6.45, 7) is 0. The maximum absolute atomic E-state index is 12.4. The first-order valence-corrected chi connectivity index (χ1v) is 11.3. The molecule has 0 aliphatic heterocycles. The van der Waals surface area contributed by atoms with Gasteiger partial charge in [-0.15, -0.1) is 0 Å². The van der Waals surface area contributed by atoms with Crippen molar-refractivity contribution in [1.82, 2.24) is 9.44 Å². The standard InChI is InChI=1S/C21H19N3O5S2/c1-29-17-11-13-19(14-12-17)31(27,28)24-20(25)15-7-9-16(10-8-15)22-21(26)23-30-18-5-3-2-4-6-18/h2-14H,1H3,(H,24,25)(H2,22,23,26). The molecule has 0 spiro atoms. The van der Waals surface area contributed by atoms with E-state index < -0.39 is 22.0 Å². The Labute approximate surface area is 184 Å². The number of methoxy groups -OCH3 is 1. The van der Waals surface area contributed by atoms with E-state index in [-0.39, 0.29) is 10.5 Å². The van der Waals surface area contributed by atoms with Crippen LogP contribution < -0.4 is 19.5 Å². The van der Waals surface area contributed by atoms with Crippen molar-refractivity contribution in [3.05, 3.63) is 84.4 Å². The van der Waals surface area contributed by atoms with Crippen molar-refractivity contribution in [2.75, 3.05) is 12.4 Å². The van der Waals surface area contributed by atoms with Crippen molar-refractivity contribution >= 4 is 39.6 Å². The third-order valence-corrected chi connectivity index (χ3v) is 6.15. The van der Waals surface area contributed by atoms with E-state index in [0.29, 0.717) is 11.4 Å². The van der Waals surface area contributed by atoms with Crippen LogP contribution in [0.3, 0.4) is 0 Å². The lowest BCUT2D eigenvalue weighted by Crippen LogP contribution is -2.30. The maximum Gasteiger partial charge on any atom is 0.329 e. The van der Waals surface area contributed by atoms with Crippen molar-refractivity contribution in [3.63, 3.8) is 0 Å². The third-order valence-electron chi connectivity index (χ3n) is 4.01. The number of ether oxygens (including phenoxy) is 1. The summed E-state index contributed by atoms with van der Waals surface area (Å²) in [4.78, 5) is 25.1. The van der Waals surface area contributed by atoms with Gasteiger partial charge in [0.2, 0.25) is 0 Å². The number of hydrogen-bond acceptors (Lipinski definition) is 6. The molecule has 3 amide bonds. The van der Waals surface area contributed by atoms with Crippen LogP contribution in [0.4, 0.5) is 10.5 Å². The average molecular weight is 458 g/mol. The number of sulfonamides is 1. The first kappa shape index (κ1) is 22.2. The first-order chi connectivity index (χ1) is 14.9. The van der Waals surface area contributed by atoms with Crippen molar-refractivity contribution in [3.8, 4) is 5.75 Å². The van der Waals surface area contributed by atoms with Crippen LogP contribution in [0.2, 0.25) is 0 Å². The van der Waals surface area contributed by atoms with Gasteiger partial charge in [0, 0.05) is 16.1 Å². The number of rotatable bonds is 7. The fourth-order valence-electron chi connectivity index (χ4n) is 2.45. The molecular formula is C21H19N3O5S2. The zero-order valence-electron chi connectivity index (χ0n) is 16.4. The second-order valence-electron chi connectivity index (χ2n) is 6.16. The highest BCUT2D eigenvalue weighted by Crippen LogP contribution is 2.17. The second kappa shape index (κ2) is 10.0. The third kappa shape index (κ3) is 6.24. The van der Waals surface area contributed by atoms with E-state index in [4.69, 9.17) is 4.74 Å². The zero-order chi connectivity index (χ0) is 22.3. The van der Waals surface area contributed by atoms with Gasteiger partial charge in [-0.1, -0.05) is 18.2 Å². The molecule has 0 unspecified atom stereocenters. The fourth-order valence-corrected chi connectivity index (χ4v) is 3.98. The van der Waals surface area contributed by atoms with Gasteiger partial charge < -0.3 is 10.1 Å².